The van der Waals surface area contributed by atoms with Crippen molar-refractivity contribution in [2.75, 3.05) is 33.4 Å². The molecule has 0 radical (unpaired) electrons. The highest BCUT2D eigenvalue weighted by Crippen LogP contribution is 2.35. The second kappa shape index (κ2) is 9.14. The molecule has 1 saturated carbocycles. The van der Waals surface area contributed by atoms with Gasteiger partial charge < -0.3 is 14.4 Å². The van der Waals surface area contributed by atoms with Gasteiger partial charge in [-0.2, -0.15) is 0 Å². The molecule has 2 aromatic rings. The van der Waals surface area contributed by atoms with E-state index in [1.165, 1.54) is 18.4 Å². The first-order chi connectivity index (χ1) is 15.6. The van der Waals surface area contributed by atoms with Gasteiger partial charge in [0.1, 0.15) is 11.5 Å². The highest BCUT2D eigenvalue weighted by atomic mass is 16.5. The fourth-order valence-corrected chi connectivity index (χ4v) is 5.05. The first kappa shape index (κ1) is 21.3. The molecule has 0 aromatic heterocycles. The standard InChI is InChI=1S/C27H34N2O3/c1-19-13-25(14-23-17-29(16-21-3-4-21)27(30)26(19)23)32-18-22-9-11-28(12-10-22)15-20-5-7-24(31-2)8-6-20/h5-8,13-14,21-22H,3-4,9-12,15-18H2,1-2H3. The molecule has 5 rings (SSSR count). The molecule has 2 aliphatic heterocycles. The third-order valence-corrected chi connectivity index (χ3v) is 7.19. The first-order valence-electron chi connectivity index (χ1n) is 12.0. The number of rotatable bonds is 8. The monoisotopic (exact) mass is 434 g/mol. The fourth-order valence-electron chi connectivity index (χ4n) is 5.05. The molecule has 0 atom stereocenters. The quantitative estimate of drug-likeness (QED) is 0.606. The van der Waals surface area contributed by atoms with Crippen LogP contribution in [0.25, 0.3) is 0 Å². The van der Waals surface area contributed by atoms with Gasteiger partial charge in [-0.05, 0) is 98.5 Å². The molecule has 5 nitrogen and oxygen atoms in total. The van der Waals surface area contributed by atoms with Gasteiger partial charge in [0, 0.05) is 25.2 Å². The summed E-state index contributed by atoms with van der Waals surface area (Å²) in [6.45, 7) is 7.66. The molecule has 3 aliphatic rings. The smallest absolute Gasteiger partial charge is 0.254 e. The van der Waals surface area contributed by atoms with Crippen LogP contribution in [0, 0.1) is 18.8 Å². The molecule has 2 heterocycles. The summed E-state index contributed by atoms with van der Waals surface area (Å²) in [7, 11) is 1.70. The van der Waals surface area contributed by atoms with Gasteiger partial charge in [-0.3, -0.25) is 9.69 Å². The number of ether oxygens (including phenoxy) is 2. The molecule has 2 aromatic carbocycles. The molecule has 0 unspecified atom stereocenters. The van der Waals surface area contributed by atoms with Crippen LogP contribution < -0.4 is 9.47 Å². The van der Waals surface area contributed by atoms with E-state index in [9.17, 15) is 4.79 Å². The normalized spacial score (nSPS) is 19.3. The lowest BCUT2D eigenvalue weighted by molar-refractivity contribution is 0.0770. The van der Waals surface area contributed by atoms with E-state index in [0.717, 1.165) is 86.3 Å². The van der Waals surface area contributed by atoms with E-state index in [4.69, 9.17) is 9.47 Å². The van der Waals surface area contributed by atoms with E-state index in [1.54, 1.807) is 7.11 Å². The van der Waals surface area contributed by atoms with Gasteiger partial charge in [-0.25, -0.2) is 0 Å². The van der Waals surface area contributed by atoms with E-state index in [0.29, 0.717) is 5.92 Å². The number of likely N-dealkylation sites (tertiary alicyclic amines) is 1. The lowest BCUT2D eigenvalue weighted by Gasteiger charge is -2.32. The molecule has 1 aliphatic carbocycles. The highest BCUT2D eigenvalue weighted by Gasteiger charge is 2.34. The highest BCUT2D eigenvalue weighted by molar-refractivity contribution is 6.00. The Morgan fingerprint density at radius 2 is 1.72 bits per heavy atom. The zero-order valence-corrected chi connectivity index (χ0v) is 19.3. The van der Waals surface area contributed by atoms with Gasteiger partial charge in [0.2, 0.25) is 0 Å². The van der Waals surface area contributed by atoms with Crippen LogP contribution in [0.4, 0.5) is 0 Å². The van der Waals surface area contributed by atoms with E-state index < -0.39 is 0 Å². The zero-order chi connectivity index (χ0) is 22.1. The maximum Gasteiger partial charge on any atom is 0.254 e. The summed E-state index contributed by atoms with van der Waals surface area (Å²) in [5, 5.41) is 0. The summed E-state index contributed by atoms with van der Waals surface area (Å²) in [4.78, 5) is 17.3. The molecule has 0 spiro atoms. The van der Waals surface area contributed by atoms with Gasteiger partial charge in [0.25, 0.3) is 5.91 Å². The molecule has 1 amide bonds. The molecule has 2 fully saturated rings. The van der Waals surface area contributed by atoms with Gasteiger partial charge in [-0.15, -0.1) is 0 Å². The topological polar surface area (TPSA) is 42.0 Å². The van der Waals surface area contributed by atoms with Crippen molar-refractivity contribution in [1.82, 2.24) is 9.80 Å². The Kier molecular flexibility index (Phi) is 6.09. The van der Waals surface area contributed by atoms with E-state index in [-0.39, 0.29) is 5.91 Å². The Labute approximate surface area is 191 Å². The van der Waals surface area contributed by atoms with Crippen LogP contribution in [-0.4, -0.2) is 49.1 Å². The lowest BCUT2D eigenvalue weighted by Crippen LogP contribution is -2.35. The van der Waals surface area contributed by atoms with Crippen molar-refractivity contribution in [1.29, 1.82) is 0 Å². The van der Waals surface area contributed by atoms with Crippen molar-refractivity contribution < 1.29 is 14.3 Å². The second-order valence-electron chi connectivity index (χ2n) is 9.78. The number of carbonyl (C=O) groups excluding carboxylic acids is 1. The van der Waals surface area contributed by atoms with Crippen molar-refractivity contribution >= 4 is 5.91 Å². The Morgan fingerprint density at radius 1 is 0.969 bits per heavy atom. The minimum atomic E-state index is 0.209. The predicted octanol–water partition coefficient (Wildman–Crippen LogP) is 4.66. The molecular weight excluding hydrogens is 400 g/mol. The van der Waals surface area contributed by atoms with Gasteiger partial charge in [-0.1, -0.05) is 12.1 Å². The molecule has 0 bridgehead atoms. The fraction of sp³-hybridized carbons (Fsp3) is 0.519. The molecule has 170 valence electrons. The maximum absolute atomic E-state index is 12.8. The number of carbonyl (C=O) groups is 1. The van der Waals surface area contributed by atoms with Gasteiger partial charge in [0.15, 0.2) is 0 Å². The van der Waals surface area contributed by atoms with E-state index in [2.05, 4.69) is 29.2 Å². The van der Waals surface area contributed by atoms with Crippen LogP contribution >= 0.6 is 0 Å². The number of piperidine rings is 1. The second-order valence-corrected chi connectivity index (χ2v) is 9.78. The molecule has 32 heavy (non-hydrogen) atoms. The summed E-state index contributed by atoms with van der Waals surface area (Å²) in [6, 6.07) is 12.5. The predicted molar refractivity (Wildman–Crippen MR) is 125 cm³/mol. The number of aryl methyl sites for hydroxylation is 1. The minimum absolute atomic E-state index is 0.209. The molecule has 0 N–H and O–H groups in total. The lowest BCUT2D eigenvalue weighted by atomic mass is 9.97. The van der Waals surface area contributed by atoms with Crippen molar-refractivity contribution in [3.63, 3.8) is 0 Å². The maximum atomic E-state index is 12.8. The van der Waals surface area contributed by atoms with Crippen molar-refractivity contribution in [3.05, 3.63) is 58.7 Å². The number of hydrogen-bond donors (Lipinski definition) is 0. The largest absolute Gasteiger partial charge is 0.497 e. The Morgan fingerprint density at radius 3 is 2.41 bits per heavy atom. The Bertz CT molecular complexity index is 960. The Hall–Kier alpha value is -2.53. The SMILES string of the molecule is COc1ccc(CN2CCC(COc3cc(C)c4c(c3)CN(CC3CC3)C4=O)CC2)cc1. The van der Waals surface area contributed by atoms with Crippen LogP contribution in [0.5, 0.6) is 11.5 Å². The van der Waals surface area contributed by atoms with E-state index in [1.807, 2.05) is 24.0 Å². The number of benzene rings is 2. The summed E-state index contributed by atoms with van der Waals surface area (Å²) in [6.07, 6.45) is 4.86. The third-order valence-electron chi connectivity index (χ3n) is 7.19. The molecule has 1 saturated heterocycles. The number of amides is 1. The summed E-state index contributed by atoms with van der Waals surface area (Å²) in [5.74, 6) is 3.35. The van der Waals surface area contributed by atoms with Crippen LogP contribution in [0.15, 0.2) is 36.4 Å². The zero-order valence-electron chi connectivity index (χ0n) is 19.3. The Balaban J connectivity index is 1.11. The third kappa shape index (κ3) is 4.78. The minimum Gasteiger partial charge on any atom is -0.497 e. The van der Waals surface area contributed by atoms with Crippen molar-refractivity contribution in [3.8, 4) is 11.5 Å². The molecular formula is C27H34N2O3. The van der Waals surface area contributed by atoms with Crippen LogP contribution in [0.2, 0.25) is 0 Å². The number of nitrogens with zero attached hydrogens (tertiary/aromatic N) is 2. The van der Waals surface area contributed by atoms with Crippen molar-refractivity contribution in [2.24, 2.45) is 11.8 Å². The number of fused-ring (bicyclic) bond motifs is 1. The van der Waals surface area contributed by atoms with Crippen LogP contribution in [0.3, 0.4) is 0 Å². The average Bonchev–Trinajstić information content (AvgIpc) is 3.56. The molecule has 5 heteroatoms. The van der Waals surface area contributed by atoms with E-state index >= 15 is 0 Å². The average molecular weight is 435 g/mol. The van der Waals surface area contributed by atoms with Crippen molar-refractivity contribution in [2.45, 2.75) is 45.7 Å². The van der Waals surface area contributed by atoms with Gasteiger partial charge in [0.05, 0.1) is 13.7 Å². The van der Waals surface area contributed by atoms with Crippen LogP contribution in [0.1, 0.15) is 52.7 Å². The summed E-state index contributed by atoms with van der Waals surface area (Å²) in [5.41, 5.74) is 4.43. The number of methoxy groups -OCH3 is 1. The summed E-state index contributed by atoms with van der Waals surface area (Å²) < 4.78 is 11.5. The summed E-state index contributed by atoms with van der Waals surface area (Å²) >= 11 is 0. The first-order valence-corrected chi connectivity index (χ1v) is 12.0. The van der Waals surface area contributed by atoms with Crippen LogP contribution in [-0.2, 0) is 13.1 Å². The number of hydrogen-bond acceptors (Lipinski definition) is 4. The van der Waals surface area contributed by atoms with Gasteiger partial charge >= 0.3 is 0 Å².